The lowest BCUT2D eigenvalue weighted by Crippen LogP contribution is -2.13. The van der Waals surface area contributed by atoms with E-state index in [2.05, 4.69) is 55.6 Å². The van der Waals surface area contributed by atoms with Gasteiger partial charge in [0.25, 0.3) is 0 Å². The van der Waals surface area contributed by atoms with E-state index >= 15 is 0 Å². The number of hydrogen-bond acceptors (Lipinski definition) is 6. The molecule has 9 heteroatoms. The zero-order valence-electron chi connectivity index (χ0n) is 19.4. The summed E-state index contributed by atoms with van der Waals surface area (Å²) in [6, 6.07) is 12.3. The van der Waals surface area contributed by atoms with Crippen LogP contribution in [-0.2, 0) is 4.79 Å². The van der Waals surface area contributed by atoms with Crippen LogP contribution in [0.15, 0.2) is 61.2 Å². The van der Waals surface area contributed by atoms with Crippen molar-refractivity contribution in [3.8, 4) is 33.1 Å². The fourth-order valence-corrected chi connectivity index (χ4v) is 5.31. The van der Waals surface area contributed by atoms with E-state index in [1.54, 1.807) is 29.9 Å². The Morgan fingerprint density at radius 2 is 1.89 bits per heavy atom. The first-order valence-corrected chi connectivity index (χ1v) is 12.6. The molecule has 1 aliphatic rings. The predicted octanol–water partition coefficient (Wildman–Crippen LogP) is 5.95. The van der Waals surface area contributed by atoms with E-state index in [1.165, 1.54) is 4.88 Å². The Morgan fingerprint density at radius 1 is 1.00 bits per heavy atom. The van der Waals surface area contributed by atoms with Crippen LogP contribution in [-0.4, -0.2) is 36.0 Å². The van der Waals surface area contributed by atoms with Crippen molar-refractivity contribution in [1.82, 2.24) is 30.1 Å². The smallest absolute Gasteiger partial charge is 0.227 e. The molecule has 1 amide bonds. The molecule has 1 aliphatic carbocycles. The molecule has 0 spiro atoms. The number of nitrogens with zero attached hydrogens (tertiary/aromatic N) is 4. The van der Waals surface area contributed by atoms with Gasteiger partial charge < -0.3 is 10.3 Å². The van der Waals surface area contributed by atoms with Crippen molar-refractivity contribution >= 4 is 44.9 Å². The summed E-state index contributed by atoms with van der Waals surface area (Å²) in [5.41, 5.74) is 6.99. The Balaban J connectivity index is 1.28. The van der Waals surface area contributed by atoms with Crippen molar-refractivity contribution in [3.63, 3.8) is 0 Å². The zero-order valence-corrected chi connectivity index (χ0v) is 20.2. The van der Waals surface area contributed by atoms with Crippen molar-refractivity contribution in [2.45, 2.75) is 19.8 Å². The minimum absolute atomic E-state index is 0.0676. The quantitative estimate of drug-likeness (QED) is 0.276. The molecule has 0 radical (unpaired) electrons. The van der Waals surface area contributed by atoms with E-state index in [1.807, 2.05) is 24.4 Å². The third kappa shape index (κ3) is 3.64. The topological polar surface area (TPSA) is 112 Å². The van der Waals surface area contributed by atoms with Crippen LogP contribution in [0.3, 0.4) is 0 Å². The normalized spacial score (nSPS) is 13.5. The third-order valence-corrected chi connectivity index (χ3v) is 7.51. The molecule has 0 bridgehead atoms. The van der Waals surface area contributed by atoms with Gasteiger partial charge in [0, 0.05) is 44.6 Å². The van der Waals surface area contributed by atoms with Crippen LogP contribution in [0.2, 0.25) is 0 Å². The Hall–Kier alpha value is -4.37. The van der Waals surface area contributed by atoms with Crippen LogP contribution in [0.1, 0.15) is 17.7 Å². The molecule has 5 aromatic heterocycles. The van der Waals surface area contributed by atoms with Gasteiger partial charge in [0.2, 0.25) is 5.91 Å². The number of nitrogens with one attached hydrogen (secondary N) is 3. The number of pyridine rings is 2. The van der Waals surface area contributed by atoms with Gasteiger partial charge >= 0.3 is 0 Å². The van der Waals surface area contributed by atoms with Gasteiger partial charge in [-0.25, -0.2) is 4.98 Å². The lowest BCUT2D eigenvalue weighted by atomic mass is 10.0. The monoisotopic (exact) mass is 491 g/mol. The summed E-state index contributed by atoms with van der Waals surface area (Å²) in [5, 5.41) is 11.6. The molecule has 8 nitrogen and oxygen atoms in total. The minimum Gasteiger partial charge on any atom is -0.335 e. The highest BCUT2D eigenvalue weighted by molar-refractivity contribution is 7.15. The molecule has 36 heavy (non-hydrogen) atoms. The van der Waals surface area contributed by atoms with E-state index in [0.717, 1.165) is 62.0 Å². The first-order chi connectivity index (χ1) is 17.6. The highest BCUT2D eigenvalue weighted by Crippen LogP contribution is 2.35. The summed E-state index contributed by atoms with van der Waals surface area (Å²) >= 11 is 1.73. The zero-order chi connectivity index (χ0) is 24.2. The fourth-order valence-electron chi connectivity index (χ4n) is 4.43. The second-order valence-electron chi connectivity index (χ2n) is 9.14. The first-order valence-electron chi connectivity index (χ1n) is 11.8. The molecule has 0 saturated heterocycles. The number of anilines is 1. The molecule has 5 heterocycles. The lowest BCUT2D eigenvalue weighted by molar-refractivity contribution is -0.117. The van der Waals surface area contributed by atoms with Crippen molar-refractivity contribution in [2.24, 2.45) is 5.92 Å². The van der Waals surface area contributed by atoms with Crippen molar-refractivity contribution in [2.75, 3.05) is 5.32 Å². The number of carbonyl (C=O) groups is 1. The SMILES string of the molecule is Cc1ccc(-c2cncc3[nH]c(-c4n[nH]c5ccc(-c6cncc(NC(=O)C7CC7)c6)cc45)nc23)s1. The maximum Gasteiger partial charge on any atom is 0.227 e. The number of aromatic nitrogens is 6. The number of hydrogen-bond donors (Lipinski definition) is 3. The van der Waals surface area contributed by atoms with Crippen LogP contribution >= 0.6 is 11.3 Å². The molecule has 1 saturated carbocycles. The number of carbonyl (C=O) groups excluding carboxylic acids is 1. The molecule has 7 rings (SSSR count). The van der Waals surface area contributed by atoms with Gasteiger partial charge in [0.15, 0.2) is 5.82 Å². The number of H-pyrrole nitrogens is 2. The van der Waals surface area contributed by atoms with Crippen LogP contribution in [0.4, 0.5) is 5.69 Å². The molecule has 6 aromatic rings. The molecule has 3 N–H and O–H groups in total. The Morgan fingerprint density at radius 3 is 2.72 bits per heavy atom. The van der Waals surface area contributed by atoms with Gasteiger partial charge in [-0.3, -0.25) is 19.9 Å². The van der Waals surface area contributed by atoms with Gasteiger partial charge in [-0.15, -0.1) is 11.3 Å². The predicted molar refractivity (Wildman–Crippen MR) is 142 cm³/mol. The largest absolute Gasteiger partial charge is 0.335 e. The number of benzene rings is 1. The minimum atomic E-state index is 0.0676. The van der Waals surface area contributed by atoms with Crippen LogP contribution in [0, 0.1) is 12.8 Å². The summed E-state index contributed by atoms with van der Waals surface area (Å²) in [6.45, 7) is 2.09. The van der Waals surface area contributed by atoms with E-state index in [-0.39, 0.29) is 11.8 Å². The number of imidazole rings is 1. The Kier molecular flexibility index (Phi) is 4.71. The van der Waals surface area contributed by atoms with Crippen LogP contribution in [0.5, 0.6) is 0 Å². The van der Waals surface area contributed by atoms with Crippen LogP contribution in [0.25, 0.3) is 55.0 Å². The highest BCUT2D eigenvalue weighted by Gasteiger charge is 2.29. The molecule has 1 fully saturated rings. The summed E-state index contributed by atoms with van der Waals surface area (Å²) in [7, 11) is 0. The molecule has 1 aromatic carbocycles. The summed E-state index contributed by atoms with van der Waals surface area (Å²) in [5.74, 6) is 0.888. The number of aryl methyl sites for hydroxylation is 1. The summed E-state index contributed by atoms with van der Waals surface area (Å²) < 4.78 is 0. The highest BCUT2D eigenvalue weighted by atomic mass is 32.1. The maximum atomic E-state index is 12.2. The standard InChI is InChI=1S/C27H21N7OS/c1-14-2-7-23(36-14)20-12-29-13-22-24(20)32-26(31-22)25-19-9-16(5-6-21(19)33-34-25)17-8-18(11-28-10-17)30-27(35)15-3-4-15/h2,5-13,15H,3-4H2,1H3,(H,30,35)(H,31,32)(H,33,34). The number of amides is 1. The summed E-state index contributed by atoms with van der Waals surface area (Å²) in [4.78, 5) is 31.7. The van der Waals surface area contributed by atoms with Crippen molar-refractivity contribution < 1.29 is 4.79 Å². The van der Waals surface area contributed by atoms with E-state index < -0.39 is 0 Å². The van der Waals surface area contributed by atoms with Crippen LogP contribution < -0.4 is 5.32 Å². The van der Waals surface area contributed by atoms with Crippen molar-refractivity contribution in [1.29, 1.82) is 0 Å². The van der Waals surface area contributed by atoms with Gasteiger partial charge in [-0.1, -0.05) is 6.07 Å². The van der Waals surface area contributed by atoms with Gasteiger partial charge in [0.1, 0.15) is 11.2 Å². The number of rotatable bonds is 5. The van der Waals surface area contributed by atoms with Crippen molar-refractivity contribution in [3.05, 3.63) is 66.1 Å². The molecule has 176 valence electrons. The van der Waals surface area contributed by atoms with E-state index in [9.17, 15) is 4.79 Å². The Bertz CT molecular complexity index is 1780. The fraction of sp³-hybridized carbons (Fsp3) is 0.148. The molecular formula is C27H21N7OS. The Labute approximate surface area is 209 Å². The molecule has 0 atom stereocenters. The number of aromatic amines is 2. The second-order valence-corrected chi connectivity index (χ2v) is 10.4. The van der Waals surface area contributed by atoms with E-state index in [0.29, 0.717) is 11.5 Å². The van der Waals surface area contributed by atoms with Gasteiger partial charge in [-0.05, 0) is 55.7 Å². The molecule has 0 aliphatic heterocycles. The lowest BCUT2D eigenvalue weighted by Gasteiger charge is -2.07. The molecular weight excluding hydrogens is 470 g/mol. The van der Waals surface area contributed by atoms with E-state index in [4.69, 9.17) is 4.98 Å². The van der Waals surface area contributed by atoms with Gasteiger partial charge in [0.05, 0.1) is 29.1 Å². The first kappa shape index (κ1) is 21.0. The van der Waals surface area contributed by atoms with Gasteiger partial charge in [-0.2, -0.15) is 5.10 Å². The average Bonchev–Trinajstić information content (AvgIpc) is 3.30. The maximum absolute atomic E-state index is 12.2. The summed E-state index contributed by atoms with van der Waals surface area (Å²) in [6.07, 6.45) is 9.07. The second kappa shape index (κ2) is 8.10. The average molecular weight is 492 g/mol. The number of thiophene rings is 1. The molecule has 0 unspecified atom stereocenters. The number of fused-ring (bicyclic) bond motifs is 2. The third-order valence-electron chi connectivity index (χ3n) is 6.47.